The van der Waals surface area contributed by atoms with Crippen molar-refractivity contribution < 1.29 is 9.21 Å². The van der Waals surface area contributed by atoms with Gasteiger partial charge in [0.2, 0.25) is 0 Å². The highest BCUT2D eigenvalue weighted by molar-refractivity contribution is 6.20. The van der Waals surface area contributed by atoms with Gasteiger partial charge in [-0.3, -0.25) is 4.79 Å². The van der Waals surface area contributed by atoms with Crippen LogP contribution in [0.4, 0.5) is 0 Å². The summed E-state index contributed by atoms with van der Waals surface area (Å²) in [5, 5.41) is 0.0850. The number of carbonyl (C=O) groups excluding carboxylic acids is 1. The van der Waals surface area contributed by atoms with Gasteiger partial charge in [-0.2, -0.15) is 0 Å². The van der Waals surface area contributed by atoms with Crippen molar-refractivity contribution in [2.45, 2.75) is 18.7 Å². The summed E-state index contributed by atoms with van der Waals surface area (Å²) < 4.78 is 5.00. The van der Waals surface area contributed by atoms with Gasteiger partial charge in [0, 0.05) is 19.0 Å². The van der Waals surface area contributed by atoms with E-state index in [2.05, 4.69) is 0 Å². The number of nitrogens with zero attached hydrogens (tertiary/aromatic N) is 1. The highest BCUT2D eigenvalue weighted by Crippen LogP contribution is 2.06. The Balaban J connectivity index is 2.45. The molecule has 0 aromatic carbocycles. The molecule has 4 heteroatoms. The van der Waals surface area contributed by atoms with Gasteiger partial charge < -0.3 is 9.32 Å². The highest BCUT2D eigenvalue weighted by Gasteiger charge is 2.14. The smallest absolute Gasteiger partial charge is 0.289 e. The van der Waals surface area contributed by atoms with Crippen molar-refractivity contribution in [3.63, 3.8) is 0 Å². The molecule has 1 aromatic heterocycles. The van der Waals surface area contributed by atoms with Gasteiger partial charge >= 0.3 is 0 Å². The van der Waals surface area contributed by atoms with Crippen LogP contribution >= 0.6 is 11.6 Å². The largest absolute Gasteiger partial charge is 0.459 e. The van der Waals surface area contributed by atoms with Crippen LogP contribution in [-0.2, 0) is 0 Å². The molecular formula is C10H14ClNO2. The van der Waals surface area contributed by atoms with Crippen molar-refractivity contribution in [1.29, 1.82) is 0 Å². The molecule has 14 heavy (non-hydrogen) atoms. The molecule has 0 saturated heterocycles. The molecule has 0 N–H and O–H groups in total. The summed E-state index contributed by atoms with van der Waals surface area (Å²) >= 11 is 5.79. The van der Waals surface area contributed by atoms with E-state index in [4.69, 9.17) is 16.0 Å². The standard InChI is InChI=1S/C10H14ClNO2/c1-8(11)5-6-12(2)10(13)9-4-3-7-14-9/h3-4,7-8H,5-6H2,1-2H3. The summed E-state index contributed by atoms with van der Waals surface area (Å²) in [5.41, 5.74) is 0. The highest BCUT2D eigenvalue weighted by atomic mass is 35.5. The van der Waals surface area contributed by atoms with Crippen molar-refractivity contribution in [2.75, 3.05) is 13.6 Å². The molecule has 0 bridgehead atoms. The number of hydrogen-bond donors (Lipinski definition) is 0. The monoisotopic (exact) mass is 215 g/mol. The molecule has 1 unspecified atom stereocenters. The summed E-state index contributed by atoms with van der Waals surface area (Å²) in [6, 6.07) is 3.36. The third-order valence-corrected chi connectivity index (χ3v) is 2.16. The van der Waals surface area contributed by atoms with Crippen molar-refractivity contribution in [1.82, 2.24) is 4.90 Å². The van der Waals surface area contributed by atoms with Crippen LogP contribution in [0.25, 0.3) is 0 Å². The van der Waals surface area contributed by atoms with Gasteiger partial charge in [-0.15, -0.1) is 11.6 Å². The average molecular weight is 216 g/mol. The first kappa shape index (κ1) is 11.1. The Kier molecular flexibility index (Phi) is 4.01. The van der Waals surface area contributed by atoms with E-state index in [0.717, 1.165) is 6.42 Å². The van der Waals surface area contributed by atoms with Crippen LogP contribution < -0.4 is 0 Å². The topological polar surface area (TPSA) is 33.5 Å². The number of rotatable bonds is 4. The van der Waals surface area contributed by atoms with Gasteiger partial charge in [0.05, 0.1) is 6.26 Å². The fraction of sp³-hybridized carbons (Fsp3) is 0.500. The second-order valence-electron chi connectivity index (χ2n) is 3.27. The predicted octanol–water partition coefficient (Wildman–Crippen LogP) is 2.37. The van der Waals surface area contributed by atoms with E-state index in [9.17, 15) is 4.79 Å². The van der Waals surface area contributed by atoms with E-state index in [-0.39, 0.29) is 11.3 Å². The zero-order valence-corrected chi connectivity index (χ0v) is 9.12. The molecule has 0 aliphatic carbocycles. The normalized spacial score (nSPS) is 12.5. The second kappa shape index (κ2) is 5.05. The molecule has 78 valence electrons. The van der Waals surface area contributed by atoms with E-state index in [1.54, 1.807) is 24.1 Å². The lowest BCUT2D eigenvalue weighted by Gasteiger charge is -2.16. The van der Waals surface area contributed by atoms with E-state index in [1.165, 1.54) is 6.26 Å². The minimum Gasteiger partial charge on any atom is -0.459 e. The van der Waals surface area contributed by atoms with Crippen LogP contribution in [0, 0.1) is 0 Å². The minimum absolute atomic E-state index is 0.0850. The molecule has 0 aliphatic rings. The fourth-order valence-corrected chi connectivity index (χ4v) is 1.16. The van der Waals surface area contributed by atoms with Crippen molar-refractivity contribution in [3.8, 4) is 0 Å². The van der Waals surface area contributed by atoms with E-state index in [1.807, 2.05) is 6.92 Å². The van der Waals surface area contributed by atoms with Crippen LogP contribution in [0.1, 0.15) is 23.9 Å². The van der Waals surface area contributed by atoms with Gasteiger partial charge in [-0.1, -0.05) is 0 Å². The zero-order chi connectivity index (χ0) is 10.6. The average Bonchev–Trinajstić information content (AvgIpc) is 2.65. The Hall–Kier alpha value is -0.960. The summed E-state index contributed by atoms with van der Waals surface area (Å²) in [5.74, 6) is 0.266. The Bertz CT molecular complexity index is 282. The molecule has 1 amide bonds. The van der Waals surface area contributed by atoms with Crippen LogP contribution in [0.15, 0.2) is 22.8 Å². The predicted molar refractivity (Wildman–Crippen MR) is 55.6 cm³/mol. The quantitative estimate of drug-likeness (QED) is 0.723. The van der Waals surface area contributed by atoms with Crippen LogP contribution in [-0.4, -0.2) is 29.8 Å². The first-order valence-corrected chi connectivity index (χ1v) is 4.98. The lowest BCUT2D eigenvalue weighted by atomic mass is 10.3. The molecule has 3 nitrogen and oxygen atoms in total. The first-order valence-electron chi connectivity index (χ1n) is 4.54. The number of carbonyl (C=O) groups is 1. The lowest BCUT2D eigenvalue weighted by Crippen LogP contribution is -2.28. The van der Waals surface area contributed by atoms with Crippen molar-refractivity contribution >= 4 is 17.5 Å². The number of hydrogen-bond acceptors (Lipinski definition) is 2. The third-order valence-electron chi connectivity index (χ3n) is 1.94. The van der Waals surface area contributed by atoms with E-state index in [0.29, 0.717) is 12.3 Å². The molecular weight excluding hydrogens is 202 g/mol. The molecule has 0 fully saturated rings. The summed E-state index contributed by atoms with van der Waals surface area (Å²) in [6.45, 7) is 2.55. The van der Waals surface area contributed by atoms with Gasteiger partial charge in [0.1, 0.15) is 0 Å². The van der Waals surface area contributed by atoms with Gasteiger partial charge in [0.15, 0.2) is 5.76 Å². The van der Waals surface area contributed by atoms with Crippen molar-refractivity contribution in [3.05, 3.63) is 24.2 Å². The zero-order valence-electron chi connectivity index (χ0n) is 8.37. The molecule has 1 heterocycles. The maximum absolute atomic E-state index is 11.6. The maximum atomic E-state index is 11.6. The van der Waals surface area contributed by atoms with Crippen LogP contribution in [0.3, 0.4) is 0 Å². The van der Waals surface area contributed by atoms with E-state index < -0.39 is 0 Å². The maximum Gasteiger partial charge on any atom is 0.289 e. The third kappa shape index (κ3) is 3.07. The summed E-state index contributed by atoms with van der Waals surface area (Å²) in [7, 11) is 1.74. The molecule has 1 rings (SSSR count). The second-order valence-corrected chi connectivity index (χ2v) is 4.02. The molecule has 0 aliphatic heterocycles. The van der Waals surface area contributed by atoms with Crippen molar-refractivity contribution in [2.24, 2.45) is 0 Å². The summed E-state index contributed by atoms with van der Waals surface area (Å²) in [4.78, 5) is 13.2. The summed E-state index contributed by atoms with van der Waals surface area (Å²) in [6.07, 6.45) is 2.27. The SMILES string of the molecule is CC(Cl)CCN(C)C(=O)c1ccco1. The number of amides is 1. The number of furan rings is 1. The molecule has 0 radical (unpaired) electrons. The fourth-order valence-electron chi connectivity index (χ4n) is 1.06. The van der Waals surface area contributed by atoms with Crippen LogP contribution in [0.5, 0.6) is 0 Å². The number of halogens is 1. The van der Waals surface area contributed by atoms with Crippen LogP contribution in [0.2, 0.25) is 0 Å². The van der Waals surface area contributed by atoms with E-state index >= 15 is 0 Å². The van der Waals surface area contributed by atoms with Gasteiger partial charge in [0.25, 0.3) is 5.91 Å². The Morgan fingerprint density at radius 1 is 1.71 bits per heavy atom. The Morgan fingerprint density at radius 3 is 2.93 bits per heavy atom. The van der Waals surface area contributed by atoms with Gasteiger partial charge in [-0.05, 0) is 25.5 Å². The molecule has 0 saturated carbocycles. The van der Waals surface area contributed by atoms with Gasteiger partial charge in [-0.25, -0.2) is 0 Å². The molecule has 1 atom stereocenters. The molecule has 0 spiro atoms. The minimum atomic E-state index is -0.104. The Labute approximate surface area is 88.6 Å². The number of alkyl halides is 1. The first-order chi connectivity index (χ1) is 6.61. The lowest BCUT2D eigenvalue weighted by molar-refractivity contribution is 0.0762. The molecule has 1 aromatic rings. The Morgan fingerprint density at radius 2 is 2.43 bits per heavy atom.